The molecular weight excluding hydrogens is 308 g/mol. The fourth-order valence-electron chi connectivity index (χ4n) is 4.48. The van der Waals surface area contributed by atoms with Gasteiger partial charge >= 0.3 is 0 Å². The molecule has 5 rings (SSSR count). The molecule has 3 heteroatoms. The normalized spacial score (nSPS) is 22.8. The van der Waals surface area contributed by atoms with Gasteiger partial charge in [-0.2, -0.15) is 0 Å². The highest BCUT2D eigenvalue weighted by Crippen LogP contribution is 2.40. The Morgan fingerprint density at radius 1 is 1.16 bits per heavy atom. The molecule has 1 fully saturated rings. The average molecular weight is 330 g/mol. The zero-order chi connectivity index (χ0) is 16.8. The monoisotopic (exact) mass is 330 g/mol. The summed E-state index contributed by atoms with van der Waals surface area (Å²) < 4.78 is 5.45. The lowest BCUT2D eigenvalue weighted by atomic mass is 9.90. The predicted octanol–water partition coefficient (Wildman–Crippen LogP) is 3.37. The summed E-state index contributed by atoms with van der Waals surface area (Å²) in [6, 6.07) is 10.4. The minimum Gasteiger partial charge on any atom is -0.497 e. The van der Waals surface area contributed by atoms with Crippen LogP contribution in [-0.2, 0) is 11.2 Å². The molecule has 1 saturated carbocycles. The Hall–Kier alpha value is -2.55. The number of nitrogens with zero attached hydrogens (tertiary/aromatic N) is 1. The second-order valence-corrected chi connectivity index (χ2v) is 7.24. The number of allylic oxidation sites excluding steroid dienone is 2. The smallest absolute Gasteiger partial charge is 0.117 e. The molecule has 2 unspecified atom stereocenters. The van der Waals surface area contributed by atoms with Gasteiger partial charge in [0.1, 0.15) is 5.76 Å². The number of aromatic nitrogens is 1. The fourth-order valence-corrected chi connectivity index (χ4v) is 4.48. The van der Waals surface area contributed by atoms with Crippen molar-refractivity contribution in [2.45, 2.75) is 31.6 Å². The SMILES string of the molecule is COC1=CCc2c(Nc3ccccc3)c3c(nc2=C1)C1CCC(C=3)C1. The van der Waals surface area contributed by atoms with Gasteiger partial charge in [-0.15, -0.1) is 0 Å². The van der Waals surface area contributed by atoms with E-state index in [0.29, 0.717) is 11.8 Å². The summed E-state index contributed by atoms with van der Waals surface area (Å²) in [5, 5.41) is 6.10. The summed E-state index contributed by atoms with van der Waals surface area (Å²) in [5.74, 6) is 2.23. The van der Waals surface area contributed by atoms with Crippen LogP contribution < -0.4 is 15.9 Å². The Morgan fingerprint density at radius 2 is 2.04 bits per heavy atom. The number of fused-ring (bicyclic) bond motifs is 5. The van der Waals surface area contributed by atoms with Gasteiger partial charge in [0.05, 0.1) is 23.8 Å². The van der Waals surface area contributed by atoms with Crippen LogP contribution in [-0.4, -0.2) is 12.1 Å². The third kappa shape index (κ3) is 2.46. The van der Waals surface area contributed by atoms with Crippen molar-refractivity contribution in [2.24, 2.45) is 5.92 Å². The molecule has 2 bridgehead atoms. The molecule has 2 atom stereocenters. The number of rotatable bonds is 3. The molecule has 3 nitrogen and oxygen atoms in total. The van der Waals surface area contributed by atoms with Crippen molar-refractivity contribution in [1.29, 1.82) is 0 Å². The second-order valence-electron chi connectivity index (χ2n) is 7.24. The molecule has 0 amide bonds. The van der Waals surface area contributed by atoms with Gasteiger partial charge in [0.2, 0.25) is 0 Å². The van der Waals surface area contributed by atoms with Crippen molar-refractivity contribution >= 4 is 23.5 Å². The minimum atomic E-state index is 0.608. The summed E-state index contributed by atoms with van der Waals surface area (Å²) in [5.41, 5.74) is 4.93. The van der Waals surface area contributed by atoms with E-state index in [-0.39, 0.29) is 0 Å². The maximum atomic E-state index is 5.45. The Kier molecular flexibility index (Phi) is 3.40. The molecule has 3 aliphatic rings. The molecule has 1 N–H and O–H groups in total. The zero-order valence-electron chi connectivity index (χ0n) is 14.5. The first-order chi connectivity index (χ1) is 12.3. The summed E-state index contributed by atoms with van der Waals surface area (Å²) in [6.07, 6.45) is 11.4. The molecule has 0 saturated heterocycles. The molecule has 1 aromatic carbocycles. The van der Waals surface area contributed by atoms with Crippen LogP contribution in [0.4, 0.5) is 11.4 Å². The van der Waals surface area contributed by atoms with Crippen LogP contribution in [0.3, 0.4) is 0 Å². The molecule has 0 spiro atoms. The molecule has 3 aliphatic carbocycles. The highest BCUT2D eigenvalue weighted by molar-refractivity contribution is 5.69. The minimum absolute atomic E-state index is 0.608. The first-order valence-electron chi connectivity index (χ1n) is 9.14. The van der Waals surface area contributed by atoms with E-state index in [2.05, 4.69) is 53.9 Å². The van der Waals surface area contributed by atoms with Gasteiger partial charge in [-0.1, -0.05) is 24.3 Å². The van der Waals surface area contributed by atoms with Gasteiger partial charge in [-0.25, -0.2) is 0 Å². The molecule has 0 aliphatic heterocycles. The number of hydrogen-bond donors (Lipinski definition) is 1. The largest absolute Gasteiger partial charge is 0.497 e. The number of pyridine rings is 1. The zero-order valence-corrected chi connectivity index (χ0v) is 14.5. The highest BCUT2D eigenvalue weighted by Gasteiger charge is 2.32. The lowest BCUT2D eigenvalue weighted by Gasteiger charge is -2.23. The van der Waals surface area contributed by atoms with Crippen molar-refractivity contribution in [2.75, 3.05) is 12.4 Å². The van der Waals surface area contributed by atoms with Crippen LogP contribution >= 0.6 is 0 Å². The van der Waals surface area contributed by atoms with Gasteiger partial charge in [0, 0.05) is 28.5 Å². The van der Waals surface area contributed by atoms with Gasteiger partial charge < -0.3 is 10.1 Å². The van der Waals surface area contributed by atoms with E-state index in [0.717, 1.165) is 23.2 Å². The highest BCUT2D eigenvalue weighted by atomic mass is 16.5. The molecule has 1 aromatic heterocycles. The molecule has 1 heterocycles. The van der Waals surface area contributed by atoms with Crippen molar-refractivity contribution in [3.8, 4) is 0 Å². The quantitative estimate of drug-likeness (QED) is 0.937. The van der Waals surface area contributed by atoms with Gasteiger partial charge in [0.15, 0.2) is 0 Å². The van der Waals surface area contributed by atoms with Gasteiger partial charge in [0.25, 0.3) is 0 Å². The predicted molar refractivity (Wildman–Crippen MR) is 101 cm³/mol. The summed E-state index contributed by atoms with van der Waals surface area (Å²) in [7, 11) is 1.73. The van der Waals surface area contributed by atoms with Crippen LogP contribution in [0, 0.1) is 5.92 Å². The third-order valence-corrected chi connectivity index (χ3v) is 5.72. The van der Waals surface area contributed by atoms with Crippen LogP contribution in [0.25, 0.3) is 12.2 Å². The lowest BCUT2D eigenvalue weighted by Crippen LogP contribution is -2.32. The van der Waals surface area contributed by atoms with Gasteiger partial charge in [-0.3, -0.25) is 4.98 Å². The van der Waals surface area contributed by atoms with E-state index in [1.165, 1.54) is 41.4 Å². The Labute approximate surface area is 147 Å². The van der Waals surface area contributed by atoms with Crippen LogP contribution in [0.2, 0.25) is 0 Å². The Balaban J connectivity index is 1.74. The number of hydrogen-bond acceptors (Lipinski definition) is 3. The van der Waals surface area contributed by atoms with Crippen molar-refractivity contribution in [1.82, 2.24) is 4.98 Å². The van der Waals surface area contributed by atoms with Crippen molar-refractivity contribution in [3.63, 3.8) is 0 Å². The van der Waals surface area contributed by atoms with Crippen molar-refractivity contribution < 1.29 is 4.74 Å². The van der Waals surface area contributed by atoms with Crippen molar-refractivity contribution in [3.05, 3.63) is 64.0 Å². The number of ether oxygens (including phenoxy) is 1. The molecule has 126 valence electrons. The number of para-hydroxylation sites is 1. The molecule has 2 aromatic rings. The summed E-state index contributed by atoms with van der Waals surface area (Å²) in [4.78, 5) is 5.09. The standard InChI is InChI=1S/C22H22N2O/c1-25-17-9-10-18-20(13-17)24-21-15-8-7-14(11-15)12-19(21)22(18)23-16-5-3-2-4-6-16/h2-6,9,12-15,23H,7-8,10-11H2,1H3. The Morgan fingerprint density at radius 3 is 2.88 bits per heavy atom. The fraction of sp³-hybridized carbons (Fsp3) is 0.318. The first kappa shape index (κ1) is 14.8. The molecule has 25 heavy (non-hydrogen) atoms. The number of anilines is 2. The van der Waals surface area contributed by atoms with Crippen LogP contribution in [0.1, 0.15) is 36.4 Å². The average Bonchev–Trinajstić information content (AvgIpc) is 3.05. The first-order valence-corrected chi connectivity index (χ1v) is 9.14. The van der Waals surface area contributed by atoms with E-state index < -0.39 is 0 Å². The van der Waals surface area contributed by atoms with E-state index in [9.17, 15) is 0 Å². The number of nitrogens with one attached hydrogen (secondary N) is 1. The lowest BCUT2D eigenvalue weighted by molar-refractivity contribution is 0.311. The van der Waals surface area contributed by atoms with Gasteiger partial charge in [-0.05, 0) is 49.8 Å². The summed E-state index contributed by atoms with van der Waals surface area (Å²) >= 11 is 0. The van der Waals surface area contributed by atoms with Crippen LogP contribution in [0.15, 0.2) is 42.2 Å². The number of methoxy groups -OCH3 is 1. The van der Waals surface area contributed by atoms with E-state index in [4.69, 9.17) is 9.72 Å². The van der Waals surface area contributed by atoms with Crippen LogP contribution in [0.5, 0.6) is 0 Å². The van der Waals surface area contributed by atoms with E-state index >= 15 is 0 Å². The maximum absolute atomic E-state index is 5.45. The number of benzene rings is 1. The topological polar surface area (TPSA) is 34.1 Å². The second kappa shape index (κ2) is 5.76. The molecule has 0 radical (unpaired) electrons. The van der Waals surface area contributed by atoms with E-state index in [1.54, 1.807) is 7.11 Å². The maximum Gasteiger partial charge on any atom is 0.117 e. The van der Waals surface area contributed by atoms with E-state index in [1.807, 2.05) is 0 Å². The third-order valence-electron chi connectivity index (χ3n) is 5.72. The summed E-state index contributed by atoms with van der Waals surface area (Å²) in [6.45, 7) is 0. The molecular formula is C22H22N2O. The Bertz CT molecular complexity index is 975.